The molecule has 0 atom stereocenters. The van der Waals surface area contributed by atoms with Crippen LogP contribution in [0.25, 0.3) is 0 Å². The lowest BCUT2D eigenvalue weighted by molar-refractivity contribution is -0.273. The second-order valence-electron chi connectivity index (χ2n) is 11.8. The first-order valence-electron chi connectivity index (χ1n) is 17.6. The molecule has 0 aliphatic rings. The molecule has 8 heteroatoms. The summed E-state index contributed by atoms with van der Waals surface area (Å²) in [7, 11) is 0. The van der Waals surface area contributed by atoms with E-state index in [0.717, 1.165) is 25.7 Å². The number of rotatable bonds is 26. The maximum Gasteiger partial charge on any atom is 0.358 e. The molecule has 0 fully saturated rings. The van der Waals surface area contributed by atoms with Gasteiger partial charge >= 0.3 is 11.9 Å². The Balaban J connectivity index is 1.97. The molecule has 2 rings (SSSR count). The molecule has 0 heterocycles. The molecule has 0 aliphatic heterocycles. The highest BCUT2D eigenvalue weighted by molar-refractivity contribution is 6.46. The molecular formula is C38H56N2O6. The minimum Gasteiger partial charge on any atom is -0.402 e. The molecule has 0 aliphatic carbocycles. The molecule has 0 saturated heterocycles. The van der Waals surface area contributed by atoms with Crippen molar-refractivity contribution >= 4 is 23.5 Å². The lowest BCUT2D eigenvalue weighted by atomic mass is 10.1. The van der Waals surface area contributed by atoms with E-state index >= 15 is 0 Å². The monoisotopic (exact) mass is 636 g/mol. The summed E-state index contributed by atoms with van der Waals surface area (Å²) in [5.74, 6) is -0.774. The Kier molecular flexibility index (Phi) is 22.2. The molecule has 0 radical (unpaired) electrons. The number of benzene rings is 2. The van der Waals surface area contributed by atoms with Crippen molar-refractivity contribution in [2.45, 2.75) is 142 Å². The Bertz CT molecular complexity index is 1120. The van der Waals surface area contributed by atoms with Crippen molar-refractivity contribution in [3.63, 3.8) is 0 Å². The molecule has 0 unspecified atom stereocenters. The third-order valence-electron chi connectivity index (χ3n) is 7.67. The first-order valence-corrected chi connectivity index (χ1v) is 17.6. The average Bonchev–Trinajstić information content (AvgIpc) is 3.07. The van der Waals surface area contributed by atoms with Gasteiger partial charge in [0.2, 0.25) is 0 Å². The molecular weight excluding hydrogens is 580 g/mol. The molecule has 0 saturated carbocycles. The van der Waals surface area contributed by atoms with E-state index in [1.807, 2.05) is 36.4 Å². The summed E-state index contributed by atoms with van der Waals surface area (Å²) in [6.07, 6.45) is 21.0. The summed E-state index contributed by atoms with van der Waals surface area (Å²) < 4.78 is 5.65. The number of hydrogen-bond donors (Lipinski definition) is 0. The van der Waals surface area contributed by atoms with Crippen LogP contribution in [0.1, 0.15) is 148 Å². The Morgan fingerprint density at radius 1 is 0.543 bits per heavy atom. The van der Waals surface area contributed by atoms with Crippen molar-refractivity contribution in [1.82, 2.24) is 0 Å². The normalized spacial score (nSPS) is 11.7. The number of unbranched alkanes of at least 4 members (excludes halogenated alkanes) is 16. The SMILES string of the molecule is CCCCCCCCCCCC(=O)OON=C(OC(=O)CCCCCCCCCCC)C(=NOc1ccccc1)c1ccccc1. The van der Waals surface area contributed by atoms with Gasteiger partial charge in [0.05, 0.1) is 6.42 Å². The van der Waals surface area contributed by atoms with E-state index in [0.29, 0.717) is 24.2 Å². The molecule has 0 bridgehead atoms. The Morgan fingerprint density at radius 3 is 1.52 bits per heavy atom. The van der Waals surface area contributed by atoms with Crippen LogP contribution >= 0.6 is 0 Å². The van der Waals surface area contributed by atoms with Crippen molar-refractivity contribution in [3.8, 4) is 5.75 Å². The lowest BCUT2D eigenvalue weighted by Crippen LogP contribution is -2.24. The van der Waals surface area contributed by atoms with Crippen molar-refractivity contribution in [3.05, 3.63) is 66.2 Å². The van der Waals surface area contributed by atoms with Gasteiger partial charge in [0.25, 0.3) is 5.90 Å². The molecule has 0 amide bonds. The van der Waals surface area contributed by atoms with Crippen LogP contribution in [0, 0.1) is 0 Å². The fourth-order valence-corrected chi connectivity index (χ4v) is 4.96. The summed E-state index contributed by atoms with van der Waals surface area (Å²) in [5.41, 5.74) is 0.706. The van der Waals surface area contributed by atoms with E-state index in [9.17, 15) is 9.59 Å². The largest absolute Gasteiger partial charge is 0.402 e. The smallest absolute Gasteiger partial charge is 0.358 e. The number of esters is 1. The van der Waals surface area contributed by atoms with E-state index in [2.05, 4.69) is 24.2 Å². The Morgan fingerprint density at radius 2 is 1.00 bits per heavy atom. The molecule has 8 nitrogen and oxygen atoms in total. The fourth-order valence-electron chi connectivity index (χ4n) is 4.96. The maximum absolute atomic E-state index is 12.9. The van der Waals surface area contributed by atoms with Crippen LogP contribution in [0.5, 0.6) is 5.75 Å². The van der Waals surface area contributed by atoms with Crippen LogP contribution < -0.4 is 4.84 Å². The van der Waals surface area contributed by atoms with E-state index < -0.39 is 11.9 Å². The number of oxime groups is 2. The van der Waals surface area contributed by atoms with Gasteiger partial charge in [-0.2, -0.15) is 4.99 Å². The second-order valence-corrected chi connectivity index (χ2v) is 11.8. The number of hydrogen-bond acceptors (Lipinski definition) is 8. The zero-order valence-corrected chi connectivity index (χ0v) is 28.3. The van der Waals surface area contributed by atoms with E-state index in [4.69, 9.17) is 19.5 Å². The van der Waals surface area contributed by atoms with E-state index in [1.165, 1.54) is 77.0 Å². The van der Waals surface area contributed by atoms with Crippen LogP contribution in [-0.2, 0) is 24.2 Å². The molecule has 0 spiro atoms. The van der Waals surface area contributed by atoms with Crippen LogP contribution in [-0.4, -0.2) is 23.5 Å². The highest BCUT2D eigenvalue weighted by Crippen LogP contribution is 2.15. The first-order chi connectivity index (χ1) is 22.6. The van der Waals surface area contributed by atoms with Gasteiger partial charge in [-0.15, -0.1) is 0 Å². The summed E-state index contributed by atoms with van der Waals surface area (Å²) in [6, 6.07) is 18.1. The highest BCUT2D eigenvalue weighted by atomic mass is 17.3. The highest BCUT2D eigenvalue weighted by Gasteiger charge is 2.21. The standard InChI is InChI=1S/C38H56N2O6/c1-3-5-7-9-11-13-15-17-25-31-35(41)43-38(40-46-45-36(42)32-26-18-16-14-12-10-8-6-4-2)37(33-27-21-19-22-28-33)39-44-34-29-23-20-24-30-34/h19-24,27-30H,3-18,25-26,31-32H2,1-2H3. The molecule has 0 N–H and O–H groups in total. The lowest BCUT2D eigenvalue weighted by Gasteiger charge is -2.10. The average molecular weight is 637 g/mol. The fraction of sp³-hybridized carbons (Fsp3) is 0.579. The van der Waals surface area contributed by atoms with Gasteiger partial charge in [0.1, 0.15) is 0 Å². The Labute approximate surface area is 276 Å². The Hall–Kier alpha value is -3.68. The predicted molar refractivity (Wildman–Crippen MR) is 184 cm³/mol. The number of ether oxygens (including phenoxy) is 1. The minimum absolute atomic E-state index is 0.125. The van der Waals surface area contributed by atoms with Crippen molar-refractivity contribution in [2.75, 3.05) is 0 Å². The third kappa shape index (κ3) is 19.0. The summed E-state index contributed by atoms with van der Waals surface area (Å²) in [4.78, 5) is 40.8. The van der Waals surface area contributed by atoms with Crippen molar-refractivity contribution in [2.24, 2.45) is 10.3 Å². The van der Waals surface area contributed by atoms with Gasteiger partial charge in [-0.3, -0.25) is 4.79 Å². The van der Waals surface area contributed by atoms with Gasteiger partial charge in [-0.25, -0.2) is 9.68 Å². The maximum atomic E-state index is 12.9. The van der Waals surface area contributed by atoms with Gasteiger partial charge < -0.3 is 9.57 Å². The second kappa shape index (κ2) is 26.5. The van der Waals surface area contributed by atoms with Crippen molar-refractivity contribution in [1.29, 1.82) is 0 Å². The minimum atomic E-state index is -0.536. The van der Waals surface area contributed by atoms with Gasteiger partial charge in [-0.05, 0) is 25.0 Å². The van der Waals surface area contributed by atoms with Gasteiger partial charge in [0.15, 0.2) is 11.5 Å². The molecule has 0 aromatic heterocycles. The van der Waals surface area contributed by atoms with Gasteiger partial charge in [-0.1, -0.05) is 170 Å². The van der Waals surface area contributed by atoms with Gasteiger partial charge in [0, 0.05) is 17.1 Å². The molecule has 2 aromatic rings. The van der Waals surface area contributed by atoms with Crippen molar-refractivity contribution < 1.29 is 29.0 Å². The predicted octanol–water partition coefficient (Wildman–Crippen LogP) is 10.6. The number of para-hydroxylation sites is 1. The zero-order chi connectivity index (χ0) is 32.9. The van der Waals surface area contributed by atoms with E-state index in [-0.39, 0.29) is 24.5 Å². The van der Waals surface area contributed by atoms with Crippen LogP contribution in [0.3, 0.4) is 0 Å². The zero-order valence-electron chi connectivity index (χ0n) is 28.3. The molecule has 254 valence electrons. The summed E-state index contributed by atoms with van der Waals surface area (Å²) in [6.45, 7) is 4.44. The molecule has 46 heavy (non-hydrogen) atoms. The van der Waals surface area contributed by atoms with Crippen LogP contribution in [0.15, 0.2) is 71.0 Å². The van der Waals surface area contributed by atoms with E-state index in [1.54, 1.807) is 24.3 Å². The quantitative estimate of drug-likeness (QED) is 0.0255. The topological polar surface area (TPSA) is 95.8 Å². The molecule has 2 aromatic carbocycles. The number of carbonyl (C=O) groups excluding carboxylic acids is 2. The number of nitrogens with zero attached hydrogens (tertiary/aromatic N) is 2. The summed E-state index contributed by atoms with van der Waals surface area (Å²) in [5, 5.41) is 8.16. The van der Waals surface area contributed by atoms with Crippen LogP contribution in [0.2, 0.25) is 0 Å². The van der Waals surface area contributed by atoms with Crippen LogP contribution in [0.4, 0.5) is 0 Å². The third-order valence-corrected chi connectivity index (χ3v) is 7.67. The number of carbonyl (C=O) groups is 2. The first kappa shape index (κ1) is 38.5. The summed E-state index contributed by atoms with van der Waals surface area (Å²) >= 11 is 0.